The van der Waals surface area contributed by atoms with Gasteiger partial charge in [0, 0.05) is 31.5 Å². The number of likely N-dealkylation sites (tertiary alicyclic amines) is 1. The molecule has 0 unspecified atom stereocenters. The summed E-state index contributed by atoms with van der Waals surface area (Å²) in [5.41, 5.74) is 6.93. The number of rotatable bonds is 5. The molecule has 1 saturated heterocycles. The van der Waals surface area contributed by atoms with Crippen LogP contribution in [0.1, 0.15) is 40.4 Å². The standard InChI is InChI=1S/C24H23ClN8O/c1-16-4-2-5-17(12-16)13-28-31-21-20-22(30-24(25)29-21)33(15-27-20)19-7-10-32(11-8-19)23(34)18-6-3-9-26-14-18/h2-6,9,12-15,19H,7-8,10-11H2,1H3,(H,29,30,31)/b28-13+. The second-order valence-corrected chi connectivity index (χ2v) is 8.55. The minimum atomic E-state index is 0.00497. The number of pyridine rings is 1. The van der Waals surface area contributed by atoms with Crippen molar-refractivity contribution >= 4 is 40.7 Å². The van der Waals surface area contributed by atoms with E-state index in [-0.39, 0.29) is 17.2 Å². The van der Waals surface area contributed by atoms with Crippen LogP contribution in [0.25, 0.3) is 11.2 Å². The summed E-state index contributed by atoms with van der Waals surface area (Å²) in [6.45, 7) is 3.32. The fraction of sp³-hybridized carbons (Fsp3) is 0.250. The van der Waals surface area contributed by atoms with E-state index in [1.165, 1.54) is 0 Å². The minimum Gasteiger partial charge on any atom is -0.338 e. The van der Waals surface area contributed by atoms with Gasteiger partial charge >= 0.3 is 0 Å². The third-order valence-corrected chi connectivity index (χ3v) is 6.04. The monoisotopic (exact) mass is 474 g/mol. The Morgan fingerprint density at radius 1 is 1.21 bits per heavy atom. The highest BCUT2D eigenvalue weighted by Crippen LogP contribution is 2.29. The number of imidazole rings is 1. The molecule has 0 radical (unpaired) electrons. The lowest BCUT2D eigenvalue weighted by Gasteiger charge is -2.32. The van der Waals surface area contributed by atoms with Crippen LogP contribution in [0.3, 0.4) is 0 Å². The highest BCUT2D eigenvalue weighted by Gasteiger charge is 2.26. The lowest BCUT2D eigenvalue weighted by molar-refractivity contribution is 0.0695. The molecule has 172 valence electrons. The number of benzene rings is 1. The number of aryl methyl sites for hydroxylation is 1. The van der Waals surface area contributed by atoms with Crippen LogP contribution in [0, 0.1) is 6.92 Å². The zero-order chi connectivity index (χ0) is 23.5. The second-order valence-electron chi connectivity index (χ2n) is 8.21. The van der Waals surface area contributed by atoms with Crippen molar-refractivity contribution in [1.82, 2.24) is 29.4 Å². The Morgan fingerprint density at radius 2 is 2.06 bits per heavy atom. The summed E-state index contributed by atoms with van der Waals surface area (Å²) in [5, 5.41) is 4.42. The highest BCUT2D eigenvalue weighted by atomic mass is 35.5. The zero-order valence-electron chi connectivity index (χ0n) is 18.6. The second kappa shape index (κ2) is 9.56. The maximum absolute atomic E-state index is 12.7. The molecular formula is C24H23ClN8O. The van der Waals surface area contributed by atoms with Crippen molar-refractivity contribution in [2.45, 2.75) is 25.8 Å². The van der Waals surface area contributed by atoms with Crippen LogP contribution in [0.15, 0.2) is 60.2 Å². The average Bonchev–Trinajstić information content (AvgIpc) is 3.28. The predicted molar refractivity (Wildman–Crippen MR) is 131 cm³/mol. The third-order valence-electron chi connectivity index (χ3n) is 5.87. The molecule has 0 aliphatic carbocycles. The number of hydrogen-bond acceptors (Lipinski definition) is 7. The van der Waals surface area contributed by atoms with E-state index in [1.807, 2.05) is 40.7 Å². The Labute approximate surface area is 201 Å². The van der Waals surface area contributed by atoms with Gasteiger partial charge in [-0.2, -0.15) is 15.1 Å². The Balaban J connectivity index is 1.31. The molecule has 0 atom stereocenters. The van der Waals surface area contributed by atoms with Crippen molar-refractivity contribution in [3.8, 4) is 0 Å². The summed E-state index contributed by atoms with van der Waals surface area (Å²) in [6, 6.07) is 11.7. The smallest absolute Gasteiger partial charge is 0.255 e. The van der Waals surface area contributed by atoms with E-state index in [2.05, 4.69) is 30.5 Å². The molecule has 1 N–H and O–H groups in total. The summed E-state index contributed by atoms with van der Waals surface area (Å²) < 4.78 is 2.02. The first kappa shape index (κ1) is 22.0. The molecule has 1 amide bonds. The van der Waals surface area contributed by atoms with Crippen LogP contribution in [0.2, 0.25) is 5.28 Å². The maximum atomic E-state index is 12.7. The summed E-state index contributed by atoms with van der Waals surface area (Å²) in [5.74, 6) is 0.451. The number of anilines is 1. The van der Waals surface area contributed by atoms with E-state index in [0.29, 0.717) is 35.6 Å². The van der Waals surface area contributed by atoms with E-state index in [9.17, 15) is 4.79 Å². The van der Waals surface area contributed by atoms with Crippen molar-refractivity contribution in [2.24, 2.45) is 5.10 Å². The SMILES string of the molecule is Cc1cccc(/C=N/Nc2nc(Cl)nc3c2ncn3C2CCN(C(=O)c3cccnc3)CC2)c1. The molecule has 1 fully saturated rings. The predicted octanol–water partition coefficient (Wildman–Crippen LogP) is 4.11. The number of piperidine rings is 1. The van der Waals surface area contributed by atoms with Crippen molar-refractivity contribution in [2.75, 3.05) is 18.5 Å². The number of hydrazone groups is 1. The fourth-order valence-corrected chi connectivity index (χ4v) is 4.34. The molecule has 0 spiro atoms. The Kier molecular flexibility index (Phi) is 6.18. The number of fused-ring (bicyclic) bond motifs is 1. The van der Waals surface area contributed by atoms with E-state index in [1.54, 1.807) is 37.1 Å². The average molecular weight is 475 g/mol. The van der Waals surface area contributed by atoms with Crippen LogP contribution >= 0.6 is 11.6 Å². The molecule has 4 heterocycles. The van der Waals surface area contributed by atoms with Crippen molar-refractivity contribution in [1.29, 1.82) is 0 Å². The van der Waals surface area contributed by atoms with Crippen molar-refractivity contribution < 1.29 is 4.79 Å². The van der Waals surface area contributed by atoms with Gasteiger partial charge in [0.25, 0.3) is 5.91 Å². The number of nitrogens with one attached hydrogen (secondary N) is 1. The number of carbonyl (C=O) groups is 1. The molecule has 3 aromatic heterocycles. The van der Waals surface area contributed by atoms with Gasteiger partial charge in [-0.05, 0) is 49.1 Å². The molecule has 9 nitrogen and oxygen atoms in total. The van der Waals surface area contributed by atoms with Gasteiger partial charge < -0.3 is 9.47 Å². The topological polar surface area (TPSA) is 101 Å². The molecule has 1 aliphatic rings. The first-order chi connectivity index (χ1) is 16.6. The summed E-state index contributed by atoms with van der Waals surface area (Å²) in [6.07, 6.45) is 8.32. The zero-order valence-corrected chi connectivity index (χ0v) is 19.4. The van der Waals surface area contributed by atoms with E-state index in [0.717, 1.165) is 24.0 Å². The number of aromatic nitrogens is 5. The lowest BCUT2D eigenvalue weighted by Crippen LogP contribution is -2.39. The maximum Gasteiger partial charge on any atom is 0.255 e. The molecule has 5 rings (SSSR count). The quantitative estimate of drug-likeness (QED) is 0.265. The number of carbonyl (C=O) groups excluding carboxylic acids is 1. The van der Waals surface area contributed by atoms with Crippen LogP contribution in [-0.2, 0) is 0 Å². The van der Waals surface area contributed by atoms with Gasteiger partial charge in [-0.3, -0.25) is 15.2 Å². The number of nitrogens with zero attached hydrogens (tertiary/aromatic N) is 7. The van der Waals surface area contributed by atoms with Crippen LogP contribution in [-0.4, -0.2) is 54.6 Å². The van der Waals surface area contributed by atoms with Crippen molar-refractivity contribution in [3.63, 3.8) is 0 Å². The molecule has 1 aliphatic heterocycles. The molecular weight excluding hydrogens is 452 g/mol. The van der Waals surface area contributed by atoms with Gasteiger partial charge in [0.2, 0.25) is 5.28 Å². The van der Waals surface area contributed by atoms with E-state index >= 15 is 0 Å². The summed E-state index contributed by atoms with van der Waals surface area (Å²) >= 11 is 6.23. The molecule has 1 aromatic carbocycles. The molecule has 10 heteroatoms. The first-order valence-electron chi connectivity index (χ1n) is 11.0. The van der Waals surface area contributed by atoms with Gasteiger partial charge in [-0.15, -0.1) is 0 Å². The summed E-state index contributed by atoms with van der Waals surface area (Å²) in [4.78, 5) is 31.9. The Hall–Kier alpha value is -3.85. The number of halogens is 1. The van der Waals surface area contributed by atoms with Gasteiger partial charge in [-0.25, -0.2) is 4.98 Å². The lowest BCUT2D eigenvalue weighted by atomic mass is 10.0. The largest absolute Gasteiger partial charge is 0.338 e. The normalized spacial score (nSPS) is 14.7. The van der Waals surface area contributed by atoms with E-state index in [4.69, 9.17) is 11.6 Å². The minimum absolute atomic E-state index is 0.00497. The first-order valence-corrected chi connectivity index (χ1v) is 11.4. The number of hydrogen-bond donors (Lipinski definition) is 1. The van der Waals surface area contributed by atoms with Gasteiger partial charge in [0.05, 0.1) is 18.1 Å². The van der Waals surface area contributed by atoms with Crippen LogP contribution in [0.4, 0.5) is 5.82 Å². The highest BCUT2D eigenvalue weighted by molar-refractivity contribution is 6.28. The van der Waals surface area contributed by atoms with Crippen molar-refractivity contribution in [3.05, 3.63) is 77.1 Å². The molecule has 0 bridgehead atoms. The Bertz CT molecular complexity index is 1350. The van der Waals surface area contributed by atoms with Gasteiger partial charge in [0.15, 0.2) is 17.0 Å². The third kappa shape index (κ3) is 4.60. The number of amides is 1. The Morgan fingerprint density at radius 3 is 2.82 bits per heavy atom. The molecule has 0 saturated carbocycles. The molecule has 34 heavy (non-hydrogen) atoms. The van der Waals surface area contributed by atoms with Gasteiger partial charge in [0.1, 0.15) is 0 Å². The molecule has 4 aromatic rings. The fourth-order valence-electron chi connectivity index (χ4n) is 4.17. The van der Waals surface area contributed by atoms with Crippen LogP contribution in [0.5, 0.6) is 0 Å². The van der Waals surface area contributed by atoms with Crippen LogP contribution < -0.4 is 5.43 Å². The summed E-state index contributed by atoms with van der Waals surface area (Å²) in [7, 11) is 0. The van der Waals surface area contributed by atoms with E-state index < -0.39 is 0 Å². The van der Waals surface area contributed by atoms with Gasteiger partial charge in [-0.1, -0.05) is 29.8 Å².